The van der Waals surface area contributed by atoms with Crippen molar-refractivity contribution in [2.75, 3.05) is 12.8 Å². The molecule has 0 spiro atoms. The minimum Gasteiger partial charge on any atom is -0.341 e. The summed E-state index contributed by atoms with van der Waals surface area (Å²) in [6.45, 7) is 3.40. The maximum atomic E-state index is 11.7. The molecule has 0 saturated carbocycles. The molecule has 0 aliphatic carbocycles. The highest BCUT2D eigenvalue weighted by atomic mass is 32.2. The first-order valence-corrected chi connectivity index (χ1v) is 6.45. The maximum absolute atomic E-state index is 11.7. The molecule has 0 saturated heterocycles. The summed E-state index contributed by atoms with van der Waals surface area (Å²) in [6, 6.07) is -0.787. The monoisotopic (exact) mass is 249 g/mol. The van der Waals surface area contributed by atoms with Gasteiger partial charge >= 0.3 is 6.03 Å². The normalized spacial score (nSPS) is 16.0. The second-order valence-corrected chi connectivity index (χ2v) is 5.23. The van der Waals surface area contributed by atoms with Crippen LogP contribution < -0.4 is 16.4 Å². The molecule has 3 atom stereocenters. The van der Waals surface area contributed by atoms with Crippen LogP contribution in [-0.2, 0) is 15.6 Å². The summed E-state index contributed by atoms with van der Waals surface area (Å²) < 4.78 is 11.7. The Morgan fingerprint density at radius 3 is 2.44 bits per heavy atom. The van der Waals surface area contributed by atoms with Gasteiger partial charge in [-0.05, 0) is 13.3 Å². The van der Waals surface area contributed by atoms with Gasteiger partial charge in [-0.15, -0.1) is 0 Å². The van der Waals surface area contributed by atoms with E-state index in [2.05, 4.69) is 10.6 Å². The van der Waals surface area contributed by atoms with E-state index in [1.807, 2.05) is 6.92 Å². The molecule has 4 N–H and O–H groups in total. The lowest BCUT2D eigenvalue weighted by Gasteiger charge is -2.13. The lowest BCUT2D eigenvalue weighted by Crippen LogP contribution is -2.44. The summed E-state index contributed by atoms with van der Waals surface area (Å²) in [5.41, 5.74) is 5.64. The van der Waals surface area contributed by atoms with Gasteiger partial charge in [-0.25, -0.2) is 4.79 Å². The minimum absolute atomic E-state index is 0.184. The Labute approximate surface area is 97.8 Å². The van der Waals surface area contributed by atoms with E-state index in [-0.39, 0.29) is 11.8 Å². The summed E-state index contributed by atoms with van der Waals surface area (Å²) in [6.07, 6.45) is 0.704. The fourth-order valence-electron chi connectivity index (χ4n) is 0.869. The summed E-state index contributed by atoms with van der Waals surface area (Å²) in [4.78, 5) is 22.3. The maximum Gasteiger partial charge on any atom is 0.321 e. The molecule has 7 heteroatoms. The van der Waals surface area contributed by atoms with E-state index in [1.165, 1.54) is 14.0 Å². The highest BCUT2D eigenvalue weighted by molar-refractivity contribution is 7.86. The molecule has 16 heavy (non-hydrogen) atoms. The number of hydrogen-bond acceptors (Lipinski definition) is 4. The van der Waals surface area contributed by atoms with Crippen LogP contribution in [0.2, 0.25) is 0 Å². The summed E-state index contributed by atoms with van der Waals surface area (Å²) in [5.74, 6) is -0.292. The zero-order valence-electron chi connectivity index (χ0n) is 9.78. The molecule has 0 bridgehead atoms. The van der Waals surface area contributed by atoms with Gasteiger partial charge in [0.1, 0.15) is 5.25 Å². The van der Waals surface area contributed by atoms with Gasteiger partial charge in [0, 0.05) is 29.6 Å². The Morgan fingerprint density at radius 2 is 2.00 bits per heavy atom. The molecule has 0 aliphatic rings. The number of amides is 3. The lowest BCUT2D eigenvalue weighted by molar-refractivity contribution is -0.119. The van der Waals surface area contributed by atoms with Crippen LogP contribution >= 0.6 is 0 Å². The predicted octanol–water partition coefficient (Wildman–Crippen LogP) is -0.683. The van der Waals surface area contributed by atoms with Crippen molar-refractivity contribution in [3.63, 3.8) is 0 Å². The number of nitrogens with two attached hydrogens (primary N) is 1. The second-order valence-electron chi connectivity index (χ2n) is 3.43. The molecule has 0 heterocycles. The Balaban J connectivity index is 4.22. The summed E-state index contributed by atoms with van der Waals surface area (Å²) in [7, 11) is 0.0398. The Kier molecular flexibility index (Phi) is 6.91. The van der Waals surface area contributed by atoms with E-state index in [0.717, 1.165) is 0 Å². The van der Waals surface area contributed by atoms with Crippen LogP contribution in [0.3, 0.4) is 0 Å². The third kappa shape index (κ3) is 5.22. The van der Waals surface area contributed by atoms with Crippen LogP contribution in [-0.4, -0.2) is 40.2 Å². The van der Waals surface area contributed by atoms with Crippen molar-refractivity contribution in [1.29, 1.82) is 0 Å². The van der Waals surface area contributed by atoms with Crippen molar-refractivity contribution < 1.29 is 13.8 Å². The van der Waals surface area contributed by atoms with Gasteiger partial charge in [0.05, 0.1) is 0 Å². The van der Waals surface area contributed by atoms with Gasteiger partial charge < -0.3 is 11.1 Å². The van der Waals surface area contributed by atoms with Crippen molar-refractivity contribution in [2.45, 2.75) is 31.6 Å². The van der Waals surface area contributed by atoms with Crippen molar-refractivity contribution in [3.05, 3.63) is 0 Å². The highest BCUT2D eigenvalue weighted by Crippen LogP contribution is 2.00. The van der Waals surface area contributed by atoms with Gasteiger partial charge in [0.25, 0.3) is 0 Å². The van der Waals surface area contributed by atoms with Gasteiger partial charge in [-0.2, -0.15) is 0 Å². The smallest absolute Gasteiger partial charge is 0.321 e. The predicted molar refractivity (Wildman–Crippen MR) is 63.3 cm³/mol. The zero-order chi connectivity index (χ0) is 12.7. The van der Waals surface area contributed by atoms with E-state index in [4.69, 9.17) is 5.73 Å². The molecule has 0 aromatic heterocycles. The number of carbonyl (C=O) groups is 2. The Bertz CT molecular complexity index is 283. The molecule has 0 rings (SSSR count). The average Bonchev–Trinajstić information content (AvgIpc) is 2.27. The largest absolute Gasteiger partial charge is 0.341 e. The Morgan fingerprint density at radius 1 is 1.44 bits per heavy atom. The minimum atomic E-state index is -1.36. The topological polar surface area (TPSA) is 101 Å². The van der Waals surface area contributed by atoms with Crippen LogP contribution in [0.4, 0.5) is 4.79 Å². The van der Waals surface area contributed by atoms with Crippen molar-refractivity contribution in [3.8, 4) is 0 Å². The summed E-state index contributed by atoms with van der Waals surface area (Å²) >= 11 is 0. The van der Waals surface area contributed by atoms with Gasteiger partial charge in [-0.1, -0.05) is 6.92 Å². The number of imide groups is 1. The first-order valence-electron chi connectivity index (χ1n) is 5.07. The molecule has 3 amide bonds. The SMILES string of the molecule is CCC(N)CS(=O)C(C)C(=O)NC(=O)NC. The molecular formula is C9H19N3O3S. The van der Waals surface area contributed by atoms with E-state index in [1.54, 1.807) is 0 Å². The highest BCUT2D eigenvalue weighted by Gasteiger charge is 2.22. The summed E-state index contributed by atoms with van der Waals surface area (Å²) in [5, 5.41) is 3.58. The molecule has 94 valence electrons. The molecule has 6 nitrogen and oxygen atoms in total. The van der Waals surface area contributed by atoms with Crippen molar-refractivity contribution in [1.82, 2.24) is 10.6 Å². The van der Waals surface area contributed by atoms with Crippen LogP contribution in [0.25, 0.3) is 0 Å². The fourth-order valence-corrected chi connectivity index (χ4v) is 2.11. The van der Waals surface area contributed by atoms with Crippen molar-refractivity contribution in [2.24, 2.45) is 5.73 Å². The van der Waals surface area contributed by atoms with Gasteiger partial charge in [-0.3, -0.25) is 14.3 Å². The van der Waals surface area contributed by atoms with Crippen LogP contribution in [0.5, 0.6) is 0 Å². The Hall–Kier alpha value is -0.950. The average molecular weight is 249 g/mol. The zero-order valence-corrected chi connectivity index (χ0v) is 10.6. The molecule has 0 fully saturated rings. The first-order chi connectivity index (χ1) is 7.42. The number of carbonyl (C=O) groups excluding carboxylic acids is 2. The second kappa shape index (κ2) is 7.34. The fraction of sp³-hybridized carbons (Fsp3) is 0.778. The first kappa shape index (κ1) is 15.0. The number of nitrogens with one attached hydrogen (secondary N) is 2. The van der Waals surface area contributed by atoms with E-state index in [0.29, 0.717) is 6.42 Å². The number of hydrogen-bond donors (Lipinski definition) is 3. The molecule has 3 unspecified atom stereocenters. The van der Waals surface area contributed by atoms with E-state index >= 15 is 0 Å². The van der Waals surface area contributed by atoms with E-state index < -0.39 is 28.0 Å². The molecule has 0 radical (unpaired) electrons. The molecule has 0 aromatic carbocycles. The quantitative estimate of drug-likeness (QED) is 0.600. The standard InChI is InChI=1S/C9H19N3O3S/c1-4-7(10)5-16(15)6(2)8(13)12-9(14)11-3/h6-7H,4-5,10H2,1-3H3,(H2,11,12,13,14). The van der Waals surface area contributed by atoms with Crippen LogP contribution in [0.1, 0.15) is 20.3 Å². The third-order valence-corrected chi connectivity index (χ3v) is 3.89. The molecule has 0 aromatic rings. The van der Waals surface area contributed by atoms with E-state index in [9.17, 15) is 13.8 Å². The molecule has 0 aliphatic heterocycles. The number of rotatable bonds is 5. The van der Waals surface area contributed by atoms with Crippen LogP contribution in [0, 0.1) is 0 Å². The van der Waals surface area contributed by atoms with Crippen molar-refractivity contribution >= 4 is 22.7 Å². The lowest BCUT2D eigenvalue weighted by atomic mass is 10.3. The van der Waals surface area contributed by atoms with Crippen LogP contribution in [0.15, 0.2) is 0 Å². The third-order valence-electron chi connectivity index (χ3n) is 2.13. The molecular weight excluding hydrogens is 230 g/mol. The number of urea groups is 1. The van der Waals surface area contributed by atoms with Gasteiger partial charge in [0.15, 0.2) is 0 Å². The van der Waals surface area contributed by atoms with Gasteiger partial charge in [0.2, 0.25) is 5.91 Å².